The molecule has 1 N–H and O–H groups in total. The zero-order valence-corrected chi connectivity index (χ0v) is 18.0. The summed E-state index contributed by atoms with van der Waals surface area (Å²) in [4.78, 5) is 17.2. The Kier molecular flexibility index (Phi) is 7.46. The van der Waals surface area contributed by atoms with E-state index in [9.17, 15) is 4.79 Å². The largest absolute Gasteiger partial charge is 0.444 e. The summed E-state index contributed by atoms with van der Waals surface area (Å²) in [6, 6.07) is 13.7. The lowest BCUT2D eigenvalue weighted by molar-refractivity contribution is 0.0636. The van der Waals surface area contributed by atoms with Gasteiger partial charge in [-0.1, -0.05) is 42.5 Å². The van der Waals surface area contributed by atoms with Gasteiger partial charge in [-0.15, -0.1) is 0 Å². The lowest BCUT2D eigenvalue weighted by atomic mass is 9.99. The first-order chi connectivity index (χ1) is 13.1. The number of nitrogens with one attached hydrogen (secondary N) is 1. The maximum atomic E-state index is 11.8. The Hall–Kier alpha value is -2.53. The smallest absolute Gasteiger partial charge is 0.412 e. The average molecular weight is 397 g/mol. The molecule has 28 heavy (non-hydrogen) atoms. The van der Waals surface area contributed by atoms with Gasteiger partial charge in [0.1, 0.15) is 5.60 Å². The molecule has 0 radical (unpaired) electrons. The Balaban J connectivity index is 1.87. The number of benzene rings is 2. The van der Waals surface area contributed by atoms with Crippen LogP contribution in [0.4, 0.5) is 10.5 Å². The van der Waals surface area contributed by atoms with Crippen molar-refractivity contribution < 1.29 is 9.53 Å². The number of anilines is 1. The van der Waals surface area contributed by atoms with E-state index in [2.05, 4.69) is 42.4 Å². The van der Waals surface area contributed by atoms with Crippen molar-refractivity contribution >= 4 is 35.1 Å². The molecule has 0 unspecified atom stereocenters. The fourth-order valence-corrected chi connectivity index (χ4v) is 2.93. The predicted molar refractivity (Wildman–Crippen MR) is 121 cm³/mol. The van der Waals surface area contributed by atoms with Gasteiger partial charge in [-0.25, -0.2) is 4.79 Å². The van der Waals surface area contributed by atoms with Gasteiger partial charge in [0.2, 0.25) is 0 Å². The maximum Gasteiger partial charge on any atom is 0.412 e. The van der Waals surface area contributed by atoms with Crippen LogP contribution in [0, 0.1) is 13.8 Å². The number of carbonyl (C=O) groups is 1. The summed E-state index contributed by atoms with van der Waals surface area (Å²) in [6.07, 6.45) is 2.10. The molecule has 0 aromatic heterocycles. The monoisotopic (exact) mass is 396 g/mol. The Bertz CT molecular complexity index is 845. The van der Waals surface area contributed by atoms with E-state index in [1.807, 2.05) is 45.0 Å². The molecule has 2 aromatic rings. The van der Waals surface area contributed by atoms with E-state index in [1.54, 1.807) is 6.21 Å². The van der Waals surface area contributed by atoms with Crippen LogP contribution in [0.15, 0.2) is 47.5 Å². The Morgan fingerprint density at radius 1 is 1.11 bits per heavy atom. The number of aryl methyl sites for hydroxylation is 2. The zero-order valence-electron chi connectivity index (χ0n) is 17.2. The third-order valence-electron chi connectivity index (χ3n) is 4.08. The van der Waals surface area contributed by atoms with Gasteiger partial charge in [-0.2, -0.15) is 0 Å². The van der Waals surface area contributed by atoms with Gasteiger partial charge < -0.3 is 4.74 Å². The molecule has 0 saturated heterocycles. The third kappa shape index (κ3) is 7.24. The average Bonchev–Trinajstić information content (AvgIpc) is 2.58. The number of ether oxygens (including phenoxy) is 1. The molecular weight excluding hydrogens is 368 g/mol. The minimum atomic E-state index is -0.522. The van der Waals surface area contributed by atoms with Gasteiger partial charge in [-0.3, -0.25) is 10.3 Å². The number of rotatable bonds is 6. The lowest BCUT2D eigenvalue weighted by Crippen LogP contribution is -2.27. The zero-order chi connectivity index (χ0) is 20.7. The molecule has 148 valence electrons. The summed E-state index contributed by atoms with van der Waals surface area (Å²) in [7, 11) is 0. The second-order valence-electron chi connectivity index (χ2n) is 7.80. The number of aliphatic imine (C=N–C) groups is 1. The van der Waals surface area contributed by atoms with Crippen molar-refractivity contribution in [3.05, 3.63) is 64.7 Å². The first kappa shape index (κ1) is 21.8. The molecule has 1 amide bonds. The first-order valence-electron chi connectivity index (χ1n) is 9.31. The van der Waals surface area contributed by atoms with Crippen molar-refractivity contribution in [2.45, 2.75) is 46.6 Å². The molecule has 4 nitrogen and oxygen atoms in total. The minimum absolute atomic E-state index is 0.467. The first-order valence-corrected chi connectivity index (χ1v) is 9.71. The van der Waals surface area contributed by atoms with E-state index in [0.29, 0.717) is 12.2 Å². The van der Waals surface area contributed by atoms with Crippen molar-refractivity contribution in [1.82, 2.24) is 0 Å². The summed E-state index contributed by atoms with van der Waals surface area (Å²) in [5, 5.41) is 2.71. The Labute approximate surface area is 173 Å². The van der Waals surface area contributed by atoms with Gasteiger partial charge in [-0.05, 0) is 69.0 Å². The molecule has 0 spiro atoms. The summed E-state index contributed by atoms with van der Waals surface area (Å²) >= 11 is 5.51. The van der Waals surface area contributed by atoms with E-state index < -0.39 is 11.7 Å². The van der Waals surface area contributed by atoms with E-state index in [1.165, 1.54) is 16.7 Å². The molecular formula is C23H28N2O2S. The summed E-state index contributed by atoms with van der Waals surface area (Å²) in [6.45, 7) is 10.2. The SMILES string of the molecule is Cc1cccc(C)c1CC(=S)CN=Cc1ccc(NC(=O)OC(C)(C)C)cc1. The van der Waals surface area contributed by atoms with Crippen LogP contribution in [0.2, 0.25) is 0 Å². The fourth-order valence-electron chi connectivity index (χ4n) is 2.71. The Morgan fingerprint density at radius 2 is 1.71 bits per heavy atom. The summed E-state index contributed by atoms with van der Waals surface area (Å²) < 4.78 is 5.24. The van der Waals surface area contributed by atoms with Crippen LogP contribution in [0.25, 0.3) is 0 Å². The Morgan fingerprint density at radius 3 is 2.29 bits per heavy atom. The van der Waals surface area contributed by atoms with E-state index >= 15 is 0 Å². The molecule has 0 fully saturated rings. The molecule has 0 saturated carbocycles. The van der Waals surface area contributed by atoms with Crippen LogP contribution in [0.1, 0.15) is 43.0 Å². The molecule has 0 aliphatic carbocycles. The van der Waals surface area contributed by atoms with Crippen LogP contribution in [0.3, 0.4) is 0 Å². The van der Waals surface area contributed by atoms with Crippen molar-refractivity contribution in [3.8, 4) is 0 Å². The quantitative estimate of drug-likeness (QED) is 0.505. The summed E-state index contributed by atoms with van der Waals surface area (Å²) in [5.41, 5.74) is 4.92. The second kappa shape index (κ2) is 9.60. The van der Waals surface area contributed by atoms with Gasteiger partial charge >= 0.3 is 6.09 Å². The standard InChI is InChI=1S/C23H28N2O2S/c1-16-7-6-8-17(2)21(16)13-20(28)15-24-14-18-9-11-19(12-10-18)25-22(26)27-23(3,4)5/h6-12,14H,13,15H2,1-5H3,(H,25,26). The predicted octanol–water partition coefficient (Wildman–Crippen LogP) is 5.68. The number of amides is 1. The van der Waals surface area contributed by atoms with Crippen molar-refractivity contribution in [2.75, 3.05) is 11.9 Å². The molecule has 2 rings (SSSR count). The van der Waals surface area contributed by atoms with Crippen LogP contribution in [-0.4, -0.2) is 29.3 Å². The van der Waals surface area contributed by atoms with E-state index in [0.717, 1.165) is 16.8 Å². The minimum Gasteiger partial charge on any atom is -0.444 e. The molecule has 0 atom stereocenters. The summed E-state index contributed by atoms with van der Waals surface area (Å²) in [5.74, 6) is 0. The highest BCUT2D eigenvalue weighted by Gasteiger charge is 2.16. The van der Waals surface area contributed by atoms with Crippen molar-refractivity contribution in [3.63, 3.8) is 0 Å². The number of hydrogen-bond donors (Lipinski definition) is 1. The van der Waals surface area contributed by atoms with E-state index in [4.69, 9.17) is 17.0 Å². The van der Waals surface area contributed by atoms with Gasteiger partial charge in [0.05, 0.1) is 6.54 Å². The molecule has 0 heterocycles. The molecule has 0 aliphatic rings. The topological polar surface area (TPSA) is 50.7 Å². The second-order valence-corrected chi connectivity index (χ2v) is 8.38. The van der Waals surface area contributed by atoms with Crippen molar-refractivity contribution in [1.29, 1.82) is 0 Å². The fraction of sp³-hybridized carbons (Fsp3) is 0.348. The van der Waals surface area contributed by atoms with Gasteiger partial charge in [0.15, 0.2) is 0 Å². The van der Waals surface area contributed by atoms with Crippen LogP contribution < -0.4 is 5.32 Å². The van der Waals surface area contributed by atoms with Crippen LogP contribution in [0.5, 0.6) is 0 Å². The van der Waals surface area contributed by atoms with Crippen molar-refractivity contribution in [2.24, 2.45) is 4.99 Å². The molecule has 5 heteroatoms. The number of hydrogen-bond acceptors (Lipinski definition) is 4. The van der Waals surface area contributed by atoms with Gasteiger partial charge in [0.25, 0.3) is 0 Å². The lowest BCUT2D eigenvalue weighted by Gasteiger charge is -2.19. The number of thiocarbonyl (C=S) groups is 1. The number of carbonyl (C=O) groups excluding carboxylic acids is 1. The highest BCUT2D eigenvalue weighted by atomic mass is 32.1. The van der Waals surface area contributed by atoms with Crippen LogP contribution in [-0.2, 0) is 11.2 Å². The molecule has 0 bridgehead atoms. The molecule has 2 aromatic carbocycles. The van der Waals surface area contributed by atoms with E-state index in [-0.39, 0.29) is 0 Å². The van der Waals surface area contributed by atoms with Crippen LogP contribution >= 0.6 is 12.2 Å². The highest BCUT2D eigenvalue weighted by molar-refractivity contribution is 7.80. The molecule has 0 aliphatic heterocycles. The van der Waals surface area contributed by atoms with Gasteiger partial charge in [0, 0.05) is 23.2 Å². The maximum absolute atomic E-state index is 11.8. The normalized spacial score (nSPS) is 11.5. The highest BCUT2D eigenvalue weighted by Crippen LogP contribution is 2.15. The third-order valence-corrected chi connectivity index (χ3v) is 4.36. The number of nitrogens with zero attached hydrogens (tertiary/aromatic N) is 1.